The fraction of sp³-hybridized carbons (Fsp3) is 0.182. The summed E-state index contributed by atoms with van der Waals surface area (Å²) in [6.07, 6.45) is 1.43. The third-order valence-electron chi connectivity index (χ3n) is 4.96. The van der Waals surface area contributed by atoms with Gasteiger partial charge in [0.25, 0.3) is 5.56 Å². The lowest BCUT2D eigenvalue weighted by Crippen LogP contribution is -2.42. The molecule has 0 bridgehead atoms. The summed E-state index contributed by atoms with van der Waals surface area (Å²) in [5.41, 5.74) is 1.93. The van der Waals surface area contributed by atoms with Crippen molar-refractivity contribution in [2.75, 3.05) is 0 Å². The first-order chi connectivity index (χ1) is 14.5. The Morgan fingerprint density at radius 3 is 2.43 bits per heavy atom. The smallest absolute Gasteiger partial charge is 0.336 e. The highest BCUT2D eigenvalue weighted by molar-refractivity contribution is 5.79. The Labute approximate surface area is 172 Å². The molecular formula is C22H21N5O3. The van der Waals surface area contributed by atoms with Crippen molar-refractivity contribution < 1.29 is 4.79 Å². The molecule has 1 amide bonds. The van der Waals surface area contributed by atoms with Crippen molar-refractivity contribution in [1.29, 1.82) is 0 Å². The molecule has 0 saturated carbocycles. The van der Waals surface area contributed by atoms with Crippen LogP contribution >= 0.6 is 0 Å². The minimum atomic E-state index is -0.584. The van der Waals surface area contributed by atoms with E-state index in [0.717, 1.165) is 15.7 Å². The number of amides is 1. The zero-order valence-electron chi connectivity index (χ0n) is 16.7. The molecule has 2 aromatic heterocycles. The van der Waals surface area contributed by atoms with Crippen LogP contribution in [0.1, 0.15) is 11.1 Å². The normalized spacial score (nSPS) is 11.0. The first kappa shape index (κ1) is 19.4. The van der Waals surface area contributed by atoms with Crippen LogP contribution in [-0.4, -0.2) is 24.8 Å². The second-order valence-electron chi connectivity index (χ2n) is 7.11. The first-order valence-electron chi connectivity index (χ1n) is 9.51. The number of aryl methyl sites for hydroxylation is 2. The topological polar surface area (TPSA) is 90.9 Å². The highest BCUT2D eigenvalue weighted by Crippen LogP contribution is 2.10. The standard InChI is InChI=1S/C22H21N5O3/c1-15-8-10-17(11-9-15)27-21(29)20-18(13-24-25(20)2)26(22(27)30)14-19(28)23-12-16-6-4-3-5-7-16/h3-11,13H,12,14H2,1-2H3,(H,23,28). The van der Waals surface area contributed by atoms with Gasteiger partial charge in [0, 0.05) is 13.6 Å². The van der Waals surface area contributed by atoms with Gasteiger partial charge in [-0.25, -0.2) is 9.36 Å². The molecule has 30 heavy (non-hydrogen) atoms. The summed E-state index contributed by atoms with van der Waals surface area (Å²) in [5.74, 6) is -0.333. The van der Waals surface area contributed by atoms with E-state index in [1.54, 1.807) is 19.2 Å². The van der Waals surface area contributed by atoms with Crippen LogP contribution in [0.15, 0.2) is 70.4 Å². The van der Waals surface area contributed by atoms with Crippen molar-refractivity contribution in [3.63, 3.8) is 0 Å². The lowest BCUT2D eigenvalue weighted by Gasteiger charge is -2.13. The highest BCUT2D eigenvalue weighted by Gasteiger charge is 2.19. The van der Waals surface area contributed by atoms with E-state index >= 15 is 0 Å². The van der Waals surface area contributed by atoms with Crippen LogP contribution in [0.4, 0.5) is 0 Å². The van der Waals surface area contributed by atoms with Crippen LogP contribution in [0, 0.1) is 6.92 Å². The van der Waals surface area contributed by atoms with Gasteiger partial charge in [-0.1, -0.05) is 48.0 Å². The summed E-state index contributed by atoms with van der Waals surface area (Å²) in [5, 5.41) is 6.93. The number of aromatic nitrogens is 4. The van der Waals surface area contributed by atoms with E-state index in [4.69, 9.17) is 0 Å². The molecule has 152 valence electrons. The van der Waals surface area contributed by atoms with E-state index in [9.17, 15) is 14.4 Å². The van der Waals surface area contributed by atoms with Crippen molar-refractivity contribution in [1.82, 2.24) is 24.2 Å². The lowest BCUT2D eigenvalue weighted by molar-refractivity contribution is -0.121. The number of hydrogen-bond acceptors (Lipinski definition) is 4. The van der Waals surface area contributed by atoms with Gasteiger partial charge in [-0.05, 0) is 24.6 Å². The molecule has 0 unspecified atom stereocenters. The van der Waals surface area contributed by atoms with Gasteiger partial charge in [-0.2, -0.15) is 5.10 Å². The van der Waals surface area contributed by atoms with E-state index in [-0.39, 0.29) is 18.0 Å². The highest BCUT2D eigenvalue weighted by atomic mass is 16.2. The van der Waals surface area contributed by atoms with Crippen molar-refractivity contribution in [3.8, 4) is 5.69 Å². The number of fused-ring (bicyclic) bond motifs is 1. The molecule has 0 atom stereocenters. The maximum atomic E-state index is 13.2. The quantitative estimate of drug-likeness (QED) is 0.547. The Bertz CT molecular complexity index is 1330. The fourth-order valence-electron chi connectivity index (χ4n) is 3.36. The van der Waals surface area contributed by atoms with Gasteiger partial charge in [-0.3, -0.25) is 18.8 Å². The minimum Gasteiger partial charge on any atom is -0.350 e. The molecule has 8 heteroatoms. The Balaban J connectivity index is 1.75. The molecule has 8 nitrogen and oxygen atoms in total. The molecule has 0 radical (unpaired) electrons. The summed E-state index contributed by atoms with van der Waals surface area (Å²) in [6, 6.07) is 16.6. The molecule has 0 aliphatic carbocycles. The molecule has 0 spiro atoms. The molecule has 0 fully saturated rings. The van der Waals surface area contributed by atoms with E-state index in [1.165, 1.54) is 15.4 Å². The number of nitrogens with zero attached hydrogens (tertiary/aromatic N) is 4. The van der Waals surface area contributed by atoms with E-state index in [0.29, 0.717) is 17.7 Å². The van der Waals surface area contributed by atoms with Gasteiger partial charge in [-0.15, -0.1) is 0 Å². The molecular weight excluding hydrogens is 382 g/mol. The maximum absolute atomic E-state index is 13.2. The van der Waals surface area contributed by atoms with E-state index < -0.39 is 11.2 Å². The Hall–Kier alpha value is -3.94. The van der Waals surface area contributed by atoms with Crippen LogP contribution in [-0.2, 0) is 24.9 Å². The maximum Gasteiger partial charge on any atom is 0.336 e. The number of hydrogen-bond donors (Lipinski definition) is 1. The minimum absolute atomic E-state index is 0.222. The summed E-state index contributed by atoms with van der Waals surface area (Å²) < 4.78 is 3.78. The number of carbonyl (C=O) groups excluding carboxylic acids is 1. The van der Waals surface area contributed by atoms with Gasteiger partial charge < -0.3 is 5.32 Å². The monoisotopic (exact) mass is 403 g/mol. The summed E-state index contributed by atoms with van der Waals surface area (Å²) in [7, 11) is 1.63. The fourth-order valence-corrected chi connectivity index (χ4v) is 3.36. The summed E-state index contributed by atoms with van der Waals surface area (Å²) in [6.45, 7) is 2.05. The zero-order chi connectivity index (χ0) is 21.3. The zero-order valence-corrected chi connectivity index (χ0v) is 16.7. The van der Waals surface area contributed by atoms with Crippen molar-refractivity contribution >= 4 is 16.9 Å². The predicted molar refractivity (Wildman–Crippen MR) is 114 cm³/mol. The molecule has 4 rings (SSSR count). The average Bonchev–Trinajstić information content (AvgIpc) is 3.13. The van der Waals surface area contributed by atoms with Gasteiger partial charge in [0.05, 0.1) is 17.4 Å². The van der Waals surface area contributed by atoms with Gasteiger partial charge >= 0.3 is 5.69 Å². The van der Waals surface area contributed by atoms with Crippen LogP contribution in [0.3, 0.4) is 0 Å². The number of nitrogens with one attached hydrogen (secondary N) is 1. The predicted octanol–water partition coefficient (Wildman–Crippen LogP) is 1.51. The van der Waals surface area contributed by atoms with Gasteiger partial charge in [0.15, 0.2) is 5.52 Å². The molecule has 2 aromatic carbocycles. The Morgan fingerprint density at radius 1 is 1.03 bits per heavy atom. The molecule has 0 saturated heterocycles. The SMILES string of the molecule is Cc1ccc(-n2c(=O)c3c(cnn3C)n(CC(=O)NCc3ccccc3)c2=O)cc1. The second kappa shape index (κ2) is 7.82. The number of rotatable bonds is 5. The van der Waals surface area contributed by atoms with Crippen LogP contribution in [0.25, 0.3) is 16.7 Å². The molecule has 0 aliphatic rings. The molecule has 1 N–H and O–H groups in total. The van der Waals surface area contributed by atoms with Crippen LogP contribution in [0.5, 0.6) is 0 Å². The third-order valence-corrected chi connectivity index (χ3v) is 4.96. The van der Waals surface area contributed by atoms with Crippen molar-refractivity contribution in [2.24, 2.45) is 7.05 Å². The van der Waals surface area contributed by atoms with Crippen molar-refractivity contribution in [3.05, 3.63) is 92.8 Å². The van der Waals surface area contributed by atoms with E-state index in [2.05, 4.69) is 10.4 Å². The van der Waals surface area contributed by atoms with Gasteiger partial charge in [0.1, 0.15) is 6.54 Å². The third kappa shape index (κ3) is 3.55. The summed E-state index contributed by atoms with van der Waals surface area (Å²) in [4.78, 5) is 38.9. The van der Waals surface area contributed by atoms with Crippen LogP contribution in [0.2, 0.25) is 0 Å². The first-order valence-corrected chi connectivity index (χ1v) is 9.51. The molecule has 4 aromatic rings. The average molecular weight is 403 g/mol. The van der Waals surface area contributed by atoms with Crippen LogP contribution < -0.4 is 16.6 Å². The largest absolute Gasteiger partial charge is 0.350 e. The summed E-state index contributed by atoms with van der Waals surface area (Å²) >= 11 is 0. The molecule has 0 aliphatic heterocycles. The Morgan fingerprint density at radius 2 is 1.73 bits per heavy atom. The lowest BCUT2D eigenvalue weighted by atomic mass is 10.2. The second-order valence-corrected chi connectivity index (χ2v) is 7.11. The Kier molecular flexibility index (Phi) is 5.05. The number of carbonyl (C=O) groups is 1. The van der Waals surface area contributed by atoms with E-state index in [1.807, 2.05) is 49.4 Å². The number of benzene rings is 2. The molecule has 2 heterocycles. The van der Waals surface area contributed by atoms with Gasteiger partial charge in [0.2, 0.25) is 5.91 Å². The van der Waals surface area contributed by atoms with Crippen molar-refractivity contribution in [2.45, 2.75) is 20.0 Å².